The number of fused-ring (bicyclic) bond motifs is 1. The number of pyridine rings is 1. The maximum atomic E-state index is 13.1. The van der Waals surface area contributed by atoms with Crippen molar-refractivity contribution in [3.63, 3.8) is 0 Å². The van der Waals surface area contributed by atoms with E-state index in [1.54, 1.807) is 12.1 Å². The molecule has 2 aliphatic heterocycles. The zero-order chi connectivity index (χ0) is 18.9. The fraction of sp³-hybridized carbons (Fsp3) is 0.455. The third kappa shape index (κ3) is 3.61. The van der Waals surface area contributed by atoms with E-state index in [4.69, 9.17) is 10.1 Å². The van der Waals surface area contributed by atoms with Crippen LogP contribution in [0.2, 0.25) is 0 Å². The van der Waals surface area contributed by atoms with E-state index in [1.165, 1.54) is 18.5 Å². The van der Waals surface area contributed by atoms with Crippen molar-refractivity contribution >= 4 is 11.3 Å². The standard InChI is InChI=1S/C22H26FN5/c23-19-7-5-17(6-8-19)14-26-11-3-4-18(15-26)22-24-21-10-9-20(16-28(21)25-22)27-12-1-2-13-27/h5-10,16,18H,1-4,11-15H2. The molecule has 5 nitrogen and oxygen atoms in total. The minimum absolute atomic E-state index is 0.178. The Morgan fingerprint density at radius 1 is 0.964 bits per heavy atom. The lowest BCUT2D eigenvalue weighted by Gasteiger charge is -2.31. The zero-order valence-corrected chi connectivity index (χ0v) is 16.1. The number of nitrogens with zero attached hydrogens (tertiary/aromatic N) is 5. The Kier molecular flexibility index (Phi) is 4.72. The largest absolute Gasteiger partial charge is 0.370 e. The maximum absolute atomic E-state index is 13.1. The Bertz CT molecular complexity index is 945. The van der Waals surface area contributed by atoms with Gasteiger partial charge in [0.2, 0.25) is 0 Å². The van der Waals surface area contributed by atoms with E-state index in [1.807, 2.05) is 16.6 Å². The molecule has 0 aliphatic carbocycles. The smallest absolute Gasteiger partial charge is 0.156 e. The summed E-state index contributed by atoms with van der Waals surface area (Å²) in [5.74, 6) is 1.12. The van der Waals surface area contributed by atoms with E-state index < -0.39 is 0 Å². The summed E-state index contributed by atoms with van der Waals surface area (Å²) >= 11 is 0. The minimum Gasteiger partial charge on any atom is -0.370 e. The van der Waals surface area contributed by atoms with Crippen LogP contribution in [0.1, 0.15) is 43.0 Å². The Labute approximate surface area is 164 Å². The fourth-order valence-corrected chi connectivity index (χ4v) is 4.48. The molecule has 3 aromatic rings. The van der Waals surface area contributed by atoms with Crippen molar-refractivity contribution in [1.82, 2.24) is 19.5 Å². The first-order chi connectivity index (χ1) is 13.7. The third-order valence-electron chi connectivity index (χ3n) is 5.99. The molecular weight excluding hydrogens is 353 g/mol. The molecule has 2 aromatic heterocycles. The van der Waals surface area contributed by atoms with Gasteiger partial charge in [-0.05, 0) is 62.1 Å². The molecule has 0 saturated carbocycles. The normalized spacial score (nSPS) is 20.9. The highest BCUT2D eigenvalue weighted by molar-refractivity contribution is 5.52. The van der Waals surface area contributed by atoms with Gasteiger partial charge in [0.05, 0.1) is 11.9 Å². The third-order valence-corrected chi connectivity index (χ3v) is 5.99. The zero-order valence-electron chi connectivity index (χ0n) is 16.1. The van der Waals surface area contributed by atoms with Gasteiger partial charge in [-0.25, -0.2) is 13.9 Å². The molecule has 1 aromatic carbocycles. The number of likely N-dealkylation sites (tertiary alicyclic amines) is 1. The second-order valence-electron chi connectivity index (χ2n) is 8.05. The summed E-state index contributed by atoms with van der Waals surface area (Å²) < 4.78 is 15.1. The quantitative estimate of drug-likeness (QED) is 0.690. The van der Waals surface area contributed by atoms with Crippen LogP contribution in [-0.2, 0) is 6.54 Å². The number of hydrogen-bond acceptors (Lipinski definition) is 4. The van der Waals surface area contributed by atoms with Crippen LogP contribution in [0.25, 0.3) is 5.65 Å². The molecular formula is C22H26FN5. The highest BCUT2D eigenvalue weighted by atomic mass is 19.1. The van der Waals surface area contributed by atoms with Crippen molar-refractivity contribution in [2.75, 3.05) is 31.1 Å². The van der Waals surface area contributed by atoms with Gasteiger partial charge in [0.15, 0.2) is 11.5 Å². The highest BCUT2D eigenvalue weighted by Crippen LogP contribution is 2.27. The van der Waals surface area contributed by atoms with Gasteiger partial charge in [-0.3, -0.25) is 4.90 Å². The molecule has 2 fully saturated rings. The van der Waals surface area contributed by atoms with E-state index in [-0.39, 0.29) is 5.82 Å². The summed E-state index contributed by atoms with van der Waals surface area (Å²) in [6.45, 7) is 5.14. The van der Waals surface area contributed by atoms with Crippen LogP contribution in [0.15, 0.2) is 42.6 Å². The predicted octanol–water partition coefficient (Wildman–Crippen LogP) is 3.85. The summed E-state index contributed by atoms with van der Waals surface area (Å²) in [5, 5.41) is 4.82. The van der Waals surface area contributed by atoms with E-state index in [0.29, 0.717) is 5.92 Å². The number of piperidine rings is 1. The van der Waals surface area contributed by atoms with Crippen LogP contribution in [0.5, 0.6) is 0 Å². The molecule has 0 spiro atoms. The van der Waals surface area contributed by atoms with Gasteiger partial charge in [0, 0.05) is 32.1 Å². The van der Waals surface area contributed by atoms with Gasteiger partial charge in [-0.15, -0.1) is 0 Å². The van der Waals surface area contributed by atoms with E-state index in [9.17, 15) is 4.39 Å². The van der Waals surface area contributed by atoms with E-state index in [2.05, 4.69) is 28.1 Å². The first-order valence-electron chi connectivity index (χ1n) is 10.3. The molecule has 6 heteroatoms. The molecule has 0 radical (unpaired) electrons. The molecule has 1 unspecified atom stereocenters. The van der Waals surface area contributed by atoms with Crippen molar-refractivity contribution in [2.45, 2.75) is 38.1 Å². The topological polar surface area (TPSA) is 36.7 Å². The molecule has 2 aliphatic rings. The van der Waals surface area contributed by atoms with Gasteiger partial charge < -0.3 is 4.90 Å². The molecule has 2 saturated heterocycles. The molecule has 0 bridgehead atoms. The van der Waals surface area contributed by atoms with Gasteiger partial charge in [0.1, 0.15) is 5.82 Å². The van der Waals surface area contributed by atoms with Crippen molar-refractivity contribution in [3.05, 3.63) is 59.8 Å². The Hall–Kier alpha value is -2.47. The van der Waals surface area contributed by atoms with Gasteiger partial charge in [0.25, 0.3) is 0 Å². The number of aromatic nitrogens is 3. The van der Waals surface area contributed by atoms with Crippen LogP contribution in [-0.4, -0.2) is 45.7 Å². The summed E-state index contributed by atoms with van der Waals surface area (Å²) in [5.41, 5.74) is 3.32. The van der Waals surface area contributed by atoms with Crippen LogP contribution in [0.4, 0.5) is 10.1 Å². The lowest BCUT2D eigenvalue weighted by Crippen LogP contribution is -2.34. The second-order valence-corrected chi connectivity index (χ2v) is 8.05. The first kappa shape index (κ1) is 17.6. The number of halogens is 1. The molecule has 0 N–H and O–H groups in total. The van der Waals surface area contributed by atoms with Crippen molar-refractivity contribution in [3.8, 4) is 0 Å². The number of anilines is 1. The van der Waals surface area contributed by atoms with Crippen LogP contribution < -0.4 is 4.90 Å². The van der Waals surface area contributed by atoms with Gasteiger partial charge in [-0.1, -0.05) is 12.1 Å². The van der Waals surface area contributed by atoms with Gasteiger partial charge in [-0.2, -0.15) is 5.10 Å². The molecule has 1 atom stereocenters. The monoisotopic (exact) mass is 379 g/mol. The Balaban J connectivity index is 1.31. The summed E-state index contributed by atoms with van der Waals surface area (Å²) in [6, 6.07) is 11.1. The van der Waals surface area contributed by atoms with Crippen LogP contribution in [0.3, 0.4) is 0 Å². The van der Waals surface area contributed by atoms with Gasteiger partial charge >= 0.3 is 0 Å². The first-order valence-corrected chi connectivity index (χ1v) is 10.3. The molecule has 4 heterocycles. The lowest BCUT2D eigenvalue weighted by molar-refractivity contribution is 0.196. The van der Waals surface area contributed by atoms with E-state index >= 15 is 0 Å². The fourth-order valence-electron chi connectivity index (χ4n) is 4.48. The van der Waals surface area contributed by atoms with Crippen molar-refractivity contribution in [1.29, 1.82) is 0 Å². The summed E-state index contributed by atoms with van der Waals surface area (Å²) in [7, 11) is 0. The predicted molar refractivity (Wildman–Crippen MR) is 108 cm³/mol. The van der Waals surface area contributed by atoms with Crippen molar-refractivity contribution < 1.29 is 4.39 Å². The highest BCUT2D eigenvalue weighted by Gasteiger charge is 2.25. The SMILES string of the molecule is Fc1ccc(CN2CCCC(c3nc4ccc(N5CCCC5)cn4n3)C2)cc1. The molecule has 0 amide bonds. The van der Waals surface area contributed by atoms with Crippen molar-refractivity contribution in [2.24, 2.45) is 0 Å². The summed E-state index contributed by atoms with van der Waals surface area (Å²) in [6.07, 6.45) is 6.92. The molecule has 5 rings (SSSR count). The minimum atomic E-state index is -0.178. The van der Waals surface area contributed by atoms with Crippen LogP contribution >= 0.6 is 0 Å². The summed E-state index contributed by atoms with van der Waals surface area (Å²) in [4.78, 5) is 9.67. The van der Waals surface area contributed by atoms with Crippen LogP contribution in [0, 0.1) is 5.82 Å². The average Bonchev–Trinajstić information content (AvgIpc) is 3.39. The number of hydrogen-bond donors (Lipinski definition) is 0. The maximum Gasteiger partial charge on any atom is 0.156 e. The second kappa shape index (κ2) is 7.51. The number of rotatable bonds is 4. The average molecular weight is 379 g/mol. The number of benzene rings is 1. The lowest BCUT2D eigenvalue weighted by atomic mass is 9.97. The Morgan fingerprint density at radius 3 is 2.61 bits per heavy atom. The molecule has 28 heavy (non-hydrogen) atoms. The molecule has 146 valence electrons. The van der Waals surface area contributed by atoms with E-state index in [0.717, 1.165) is 62.6 Å². The Morgan fingerprint density at radius 2 is 1.79 bits per heavy atom.